The third kappa shape index (κ3) is 7.53. The highest BCUT2D eigenvalue weighted by molar-refractivity contribution is 5.83. The van der Waals surface area contributed by atoms with E-state index in [-0.39, 0.29) is 0 Å². The molecule has 0 radical (unpaired) electrons. The minimum atomic E-state index is -0.472. The molecule has 5 aromatic carbocycles. The highest BCUT2D eigenvalue weighted by Gasteiger charge is 2.12. The molecule has 0 aliphatic carbocycles. The zero-order valence-corrected chi connectivity index (χ0v) is 23.8. The Labute approximate surface area is 247 Å². The molecule has 0 aliphatic heterocycles. The molecule has 0 spiro atoms. The van der Waals surface area contributed by atoms with Crippen molar-refractivity contribution < 1.29 is 19.3 Å². The van der Waals surface area contributed by atoms with Crippen molar-refractivity contribution in [1.29, 1.82) is 0 Å². The van der Waals surface area contributed by atoms with Gasteiger partial charge >= 0.3 is 5.97 Å². The van der Waals surface area contributed by atoms with Crippen LogP contribution in [0.5, 0.6) is 11.5 Å². The largest absolute Gasteiger partial charge is 0.423 e. The first-order valence-corrected chi connectivity index (χ1v) is 13.8. The lowest BCUT2D eigenvalue weighted by Crippen LogP contribution is -2.10. The second-order valence-electron chi connectivity index (χ2n) is 10.1. The van der Waals surface area contributed by atoms with Crippen LogP contribution in [0.15, 0.2) is 134 Å². The van der Waals surface area contributed by atoms with Gasteiger partial charge in [-0.3, -0.25) is 0 Å². The van der Waals surface area contributed by atoms with Gasteiger partial charge in [0.1, 0.15) is 12.4 Å². The zero-order chi connectivity index (χ0) is 29.3. The number of hydrogen-bond acceptors (Lipinski definition) is 5. The fourth-order valence-corrected chi connectivity index (χ4v) is 4.47. The Bertz CT molecular complexity index is 1560. The van der Waals surface area contributed by atoms with Gasteiger partial charge in [-0.25, -0.2) is 4.79 Å². The molecule has 0 bridgehead atoms. The lowest BCUT2D eigenvalue weighted by molar-refractivity contribution is -0.217. The summed E-state index contributed by atoms with van der Waals surface area (Å²) in [4.78, 5) is 24.7. The standard InChI is InChI=1S/C37H33NO4/c1-4-37(39)41-35-21-11-29(12-22-35)25-30-13-23-36(24-14-30)42-40-26-31-9-19-34(20-10-31)38(32-15-5-27(2)6-16-32)33-17-7-28(3)8-18-33/h4-24H,1,25-26H2,2-3H3. The predicted molar refractivity (Wildman–Crippen MR) is 168 cm³/mol. The molecular formula is C37H33NO4. The van der Waals surface area contributed by atoms with Crippen LogP contribution in [0, 0.1) is 13.8 Å². The van der Waals surface area contributed by atoms with Crippen molar-refractivity contribution in [3.05, 3.63) is 162 Å². The molecule has 0 amide bonds. The summed E-state index contributed by atoms with van der Waals surface area (Å²) in [6.07, 6.45) is 1.89. The fraction of sp³-hybridized carbons (Fsp3) is 0.108. The highest BCUT2D eigenvalue weighted by atomic mass is 17.2. The average molecular weight is 556 g/mol. The molecule has 5 aromatic rings. The molecule has 210 valence electrons. The Morgan fingerprint density at radius 3 is 1.52 bits per heavy atom. The van der Waals surface area contributed by atoms with Gasteiger partial charge in [0.05, 0.1) is 0 Å². The lowest BCUT2D eigenvalue weighted by Gasteiger charge is -2.26. The van der Waals surface area contributed by atoms with Crippen molar-refractivity contribution in [3.63, 3.8) is 0 Å². The summed E-state index contributed by atoms with van der Waals surface area (Å²) in [5.74, 6) is 0.654. The number of benzene rings is 5. The molecule has 5 nitrogen and oxygen atoms in total. The third-order valence-corrected chi connectivity index (χ3v) is 6.80. The summed E-state index contributed by atoms with van der Waals surface area (Å²) in [6.45, 7) is 7.92. The van der Waals surface area contributed by atoms with E-state index in [2.05, 4.69) is 98.1 Å². The van der Waals surface area contributed by atoms with Crippen LogP contribution in [-0.2, 0) is 22.7 Å². The van der Waals surface area contributed by atoms with Crippen LogP contribution in [0.3, 0.4) is 0 Å². The van der Waals surface area contributed by atoms with Crippen molar-refractivity contribution in [2.75, 3.05) is 4.90 Å². The van der Waals surface area contributed by atoms with Crippen LogP contribution < -0.4 is 14.5 Å². The molecule has 0 aromatic heterocycles. The molecule has 0 fully saturated rings. The number of rotatable bonds is 11. The first-order valence-electron chi connectivity index (χ1n) is 13.8. The minimum absolute atomic E-state index is 0.319. The van der Waals surface area contributed by atoms with Crippen molar-refractivity contribution in [3.8, 4) is 11.5 Å². The van der Waals surface area contributed by atoms with E-state index in [4.69, 9.17) is 14.5 Å². The highest BCUT2D eigenvalue weighted by Crippen LogP contribution is 2.34. The summed E-state index contributed by atoms with van der Waals surface area (Å²) in [5, 5.41) is 0. The first-order chi connectivity index (χ1) is 20.5. The van der Waals surface area contributed by atoms with E-state index in [1.165, 1.54) is 11.1 Å². The normalized spacial score (nSPS) is 10.6. The van der Waals surface area contributed by atoms with Gasteiger partial charge in [0.15, 0.2) is 5.75 Å². The van der Waals surface area contributed by atoms with Gasteiger partial charge in [-0.1, -0.05) is 78.4 Å². The molecule has 5 heteroatoms. The maximum absolute atomic E-state index is 11.3. The first kappa shape index (κ1) is 28.4. The summed E-state index contributed by atoms with van der Waals surface area (Å²) < 4.78 is 5.12. The Hall–Kier alpha value is -5.13. The summed E-state index contributed by atoms with van der Waals surface area (Å²) in [7, 11) is 0. The van der Waals surface area contributed by atoms with Crippen molar-refractivity contribution in [2.45, 2.75) is 26.9 Å². The molecule has 0 N–H and O–H groups in total. The van der Waals surface area contributed by atoms with E-state index in [0.717, 1.165) is 46.2 Å². The van der Waals surface area contributed by atoms with E-state index in [9.17, 15) is 4.79 Å². The SMILES string of the molecule is C=CC(=O)Oc1ccc(Cc2ccc(OOCc3ccc(N(c4ccc(C)cc4)c4ccc(C)cc4)cc3)cc2)cc1. The van der Waals surface area contributed by atoms with Crippen LogP contribution in [0.2, 0.25) is 0 Å². The van der Waals surface area contributed by atoms with E-state index in [1.807, 2.05) is 36.4 Å². The van der Waals surface area contributed by atoms with Crippen LogP contribution in [-0.4, -0.2) is 5.97 Å². The Balaban J connectivity index is 1.16. The summed E-state index contributed by atoms with van der Waals surface area (Å²) >= 11 is 0. The maximum atomic E-state index is 11.3. The molecular weight excluding hydrogens is 522 g/mol. The van der Waals surface area contributed by atoms with Crippen molar-refractivity contribution in [2.24, 2.45) is 0 Å². The van der Waals surface area contributed by atoms with E-state index < -0.39 is 5.97 Å². The Morgan fingerprint density at radius 2 is 1.05 bits per heavy atom. The smallest absolute Gasteiger partial charge is 0.335 e. The number of anilines is 3. The van der Waals surface area contributed by atoms with Crippen LogP contribution in [0.1, 0.15) is 27.8 Å². The van der Waals surface area contributed by atoms with Gasteiger partial charge in [0.25, 0.3) is 0 Å². The van der Waals surface area contributed by atoms with Gasteiger partial charge < -0.3 is 14.5 Å². The second-order valence-corrected chi connectivity index (χ2v) is 10.1. The van der Waals surface area contributed by atoms with E-state index in [1.54, 1.807) is 12.1 Å². The number of carbonyl (C=O) groups excluding carboxylic acids is 1. The minimum Gasteiger partial charge on any atom is -0.423 e. The molecule has 0 unspecified atom stereocenters. The number of esters is 1. The molecule has 0 aliphatic rings. The lowest BCUT2D eigenvalue weighted by atomic mass is 10.0. The number of nitrogens with zero attached hydrogens (tertiary/aromatic N) is 1. The number of aryl methyl sites for hydroxylation is 2. The monoisotopic (exact) mass is 555 g/mol. The fourth-order valence-electron chi connectivity index (χ4n) is 4.47. The second kappa shape index (κ2) is 13.5. The quantitative estimate of drug-likeness (QED) is 0.0535. The van der Waals surface area contributed by atoms with Crippen LogP contribution in [0.25, 0.3) is 0 Å². The van der Waals surface area contributed by atoms with E-state index in [0.29, 0.717) is 18.1 Å². The number of carbonyl (C=O) groups is 1. The third-order valence-electron chi connectivity index (χ3n) is 6.80. The maximum Gasteiger partial charge on any atom is 0.335 e. The van der Waals surface area contributed by atoms with Crippen LogP contribution in [0.4, 0.5) is 17.1 Å². The van der Waals surface area contributed by atoms with Crippen molar-refractivity contribution in [1.82, 2.24) is 0 Å². The molecule has 0 atom stereocenters. The predicted octanol–water partition coefficient (Wildman–Crippen LogP) is 8.97. The van der Waals surface area contributed by atoms with Gasteiger partial charge in [-0.2, -0.15) is 4.89 Å². The van der Waals surface area contributed by atoms with E-state index >= 15 is 0 Å². The Kier molecular flexibility index (Phi) is 9.12. The van der Waals surface area contributed by atoms with Crippen molar-refractivity contribution >= 4 is 23.0 Å². The topological polar surface area (TPSA) is 48.0 Å². The molecule has 0 saturated heterocycles. The van der Waals surface area contributed by atoms with Gasteiger partial charge in [-0.15, -0.1) is 0 Å². The summed E-state index contributed by atoms with van der Waals surface area (Å²) in [5.41, 5.74) is 8.96. The van der Waals surface area contributed by atoms with Crippen LogP contribution >= 0.6 is 0 Å². The molecule has 0 heterocycles. The van der Waals surface area contributed by atoms with Gasteiger partial charge in [0, 0.05) is 23.1 Å². The zero-order valence-electron chi connectivity index (χ0n) is 23.8. The molecule has 0 saturated carbocycles. The number of ether oxygens (including phenoxy) is 1. The molecule has 42 heavy (non-hydrogen) atoms. The average Bonchev–Trinajstić information content (AvgIpc) is 3.02. The van der Waals surface area contributed by atoms with Gasteiger partial charge in [-0.05, 0) is 97.6 Å². The number of hydrogen-bond donors (Lipinski definition) is 0. The van der Waals surface area contributed by atoms with Gasteiger partial charge in [0.2, 0.25) is 0 Å². The Morgan fingerprint density at radius 1 is 0.619 bits per heavy atom. The summed E-state index contributed by atoms with van der Waals surface area (Å²) in [6, 6.07) is 40.6. The molecule has 5 rings (SSSR count).